The maximum absolute atomic E-state index is 10.0. The van der Waals surface area contributed by atoms with Crippen molar-refractivity contribution in [3.05, 3.63) is 0 Å². The second-order valence-electron chi connectivity index (χ2n) is 2.68. The summed E-state index contributed by atoms with van der Waals surface area (Å²) in [5.74, 6) is -1.83. The van der Waals surface area contributed by atoms with Gasteiger partial charge < -0.3 is 51.3 Å². The van der Waals surface area contributed by atoms with Crippen LogP contribution in [0.5, 0.6) is 0 Å². The average Bonchev–Trinajstić information content (AvgIpc) is 1.95. The zero-order valence-electron chi connectivity index (χ0n) is 9.29. The SMILES string of the molecule is O=C([O-])CCCCCCC(=O)O.[I-].[NH4+].[NH4+]. The molecule has 0 aromatic rings. The summed E-state index contributed by atoms with van der Waals surface area (Å²) in [6.07, 6.45) is 3.00. The summed E-state index contributed by atoms with van der Waals surface area (Å²) in [4.78, 5) is 20.0. The van der Waals surface area contributed by atoms with Crippen LogP contribution >= 0.6 is 0 Å². The number of quaternary nitrogens is 2. The molecule has 9 N–H and O–H groups in total. The lowest BCUT2D eigenvalue weighted by molar-refractivity contribution is -0.305. The first-order valence-electron chi connectivity index (χ1n) is 4.04. The number of aliphatic carboxylic acids is 2. The van der Waals surface area contributed by atoms with Crippen molar-refractivity contribution < 1.29 is 43.8 Å². The van der Waals surface area contributed by atoms with Gasteiger partial charge in [0.25, 0.3) is 0 Å². The Morgan fingerprint density at radius 3 is 1.67 bits per heavy atom. The third-order valence-electron chi connectivity index (χ3n) is 1.52. The molecule has 7 heteroatoms. The number of rotatable bonds is 7. The molecule has 0 aliphatic rings. The summed E-state index contributed by atoms with van der Waals surface area (Å²) >= 11 is 0. The van der Waals surface area contributed by atoms with Crippen molar-refractivity contribution in [1.29, 1.82) is 0 Å². The molecule has 0 atom stereocenters. The van der Waals surface area contributed by atoms with Crippen molar-refractivity contribution in [2.75, 3.05) is 0 Å². The Labute approximate surface area is 107 Å². The van der Waals surface area contributed by atoms with Gasteiger partial charge in [0.2, 0.25) is 0 Å². The van der Waals surface area contributed by atoms with E-state index in [1.54, 1.807) is 0 Å². The average molecular weight is 336 g/mol. The Hall–Kier alpha value is -0.410. The molecule has 0 amide bonds. The largest absolute Gasteiger partial charge is 1.00 e. The van der Waals surface area contributed by atoms with Gasteiger partial charge in [-0.1, -0.05) is 12.8 Å². The number of carbonyl (C=O) groups excluding carboxylic acids is 1. The quantitative estimate of drug-likeness (QED) is 0.361. The van der Waals surface area contributed by atoms with Gasteiger partial charge in [-0.3, -0.25) is 4.79 Å². The van der Waals surface area contributed by atoms with Crippen LogP contribution in [-0.4, -0.2) is 17.0 Å². The van der Waals surface area contributed by atoms with E-state index in [0.29, 0.717) is 12.8 Å². The minimum Gasteiger partial charge on any atom is -1.00 e. The van der Waals surface area contributed by atoms with Gasteiger partial charge in [0, 0.05) is 12.4 Å². The number of carbonyl (C=O) groups is 2. The number of halogens is 1. The lowest BCUT2D eigenvalue weighted by Crippen LogP contribution is -3.00. The van der Waals surface area contributed by atoms with Crippen molar-refractivity contribution in [2.45, 2.75) is 38.5 Å². The summed E-state index contributed by atoms with van der Waals surface area (Å²) in [5.41, 5.74) is 0. The van der Waals surface area contributed by atoms with Crippen LogP contribution in [0.1, 0.15) is 38.5 Å². The van der Waals surface area contributed by atoms with Gasteiger partial charge in [0.05, 0.1) is 0 Å². The molecule has 15 heavy (non-hydrogen) atoms. The number of unbranched alkanes of at least 4 members (excludes halogenated alkanes) is 3. The second kappa shape index (κ2) is 16.0. The maximum atomic E-state index is 10.0. The van der Waals surface area contributed by atoms with E-state index >= 15 is 0 Å². The van der Waals surface area contributed by atoms with Crippen LogP contribution in [0, 0.1) is 0 Å². The minimum absolute atomic E-state index is 0. The Morgan fingerprint density at radius 1 is 0.933 bits per heavy atom. The van der Waals surface area contributed by atoms with Gasteiger partial charge in [-0.15, -0.1) is 0 Å². The summed E-state index contributed by atoms with van der Waals surface area (Å²) in [6.45, 7) is 0. The molecule has 0 aliphatic heterocycles. The van der Waals surface area contributed by atoms with Crippen molar-refractivity contribution in [2.24, 2.45) is 0 Å². The fourth-order valence-electron chi connectivity index (χ4n) is 0.899. The topological polar surface area (TPSA) is 150 Å². The Morgan fingerprint density at radius 2 is 1.33 bits per heavy atom. The lowest BCUT2D eigenvalue weighted by Gasteiger charge is -2.00. The summed E-state index contributed by atoms with van der Waals surface area (Å²) in [5, 5.41) is 18.2. The molecule has 6 nitrogen and oxygen atoms in total. The maximum Gasteiger partial charge on any atom is 0.303 e. The fraction of sp³-hybridized carbons (Fsp3) is 0.750. The Bertz CT molecular complexity index is 149. The molecule has 0 fully saturated rings. The van der Waals surface area contributed by atoms with Gasteiger partial charge in [0.1, 0.15) is 0 Å². The van der Waals surface area contributed by atoms with Gasteiger partial charge in [-0.25, -0.2) is 0 Å². The zero-order valence-corrected chi connectivity index (χ0v) is 11.5. The number of hydrogen-bond acceptors (Lipinski definition) is 3. The molecule has 0 saturated carbocycles. The van der Waals surface area contributed by atoms with Crippen LogP contribution in [-0.2, 0) is 9.59 Å². The Kier molecular flexibility index (Phi) is 25.7. The molecule has 0 spiro atoms. The van der Waals surface area contributed by atoms with Crippen molar-refractivity contribution in [1.82, 2.24) is 12.3 Å². The number of carboxylic acids is 2. The first kappa shape index (κ1) is 24.0. The van der Waals surface area contributed by atoms with E-state index in [1.165, 1.54) is 0 Å². The van der Waals surface area contributed by atoms with Gasteiger partial charge in [-0.2, -0.15) is 0 Å². The van der Waals surface area contributed by atoms with E-state index in [1.807, 2.05) is 0 Å². The molecule has 0 aromatic carbocycles. The Balaban J connectivity index is -0.000000202. The first-order valence-corrected chi connectivity index (χ1v) is 4.04. The minimum atomic E-state index is -1.03. The second-order valence-corrected chi connectivity index (χ2v) is 2.68. The fourth-order valence-corrected chi connectivity index (χ4v) is 0.899. The molecule has 0 bridgehead atoms. The van der Waals surface area contributed by atoms with Crippen LogP contribution in [0.2, 0.25) is 0 Å². The van der Waals surface area contributed by atoms with Crippen LogP contribution in [0.4, 0.5) is 0 Å². The predicted molar refractivity (Wildman–Crippen MR) is 52.3 cm³/mol. The lowest BCUT2D eigenvalue weighted by atomic mass is 10.1. The van der Waals surface area contributed by atoms with E-state index < -0.39 is 11.9 Å². The third-order valence-corrected chi connectivity index (χ3v) is 1.52. The van der Waals surface area contributed by atoms with Gasteiger partial charge in [-0.05, 0) is 19.3 Å². The highest BCUT2D eigenvalue weighted by Gasteiger charge is 1.95. The van der Waals surface area contributed by atoms with E-state index in [-0.39, 0.29) is 49.1 Å². The summed E-state index contributed by atoms with van der Waals surface area (Å²) in [7, 11) is 0. The molecule has 94 valence electrons. The molecular weight excluding hydrogens is 315 g/mol. The van der Waals surface area contributed by atoms with Crippen LogP contribution in [0.15, 0.2) is 0 Å². The molecule has 0 aliphatic carbocycles. The third kappa shape index (κ3) is 24.7. The first-order chi connectivity index (χ1) is 5.63. The monoisotopic (exact) mass is 336 g/mol. The zero-order chi connectivity index (χ0) is 9.40. The van der Waals surface area contributed by atoms with Crippen molar-refractivity contribution in [3.8, 4) is 0 Å². The molecule has 0 rings (SSSR count). The smallest absolute Gasteiger partial charge is 0.303 e. The van der Waals surface area contributed by atoms with Crippen LogP contribution < -0.4 is 41.4 Å². The molecule has 0 saturated heterocycles. The molecule has 0 aromatic heterocycles. The highest BCUT2D eigenvalue weighted by Crippen LogP contribution is 2.04. The predicted octanol–water partition coefficient (Wildman–Crippen LogP) is -2.08. The standard InChI is InChI=1S/C8H14O4.HI.2H3N/c9-7(10)5-3-1-2-4-6-8(11)12;;;/h1-6H2,(H,9,10)(H,11,12);1H;2*1H3. The normalized spacial score (nSPS) is 7.73. The molecule has 0 radical (unpaired) electrons. The van der Waals surface area contributed by atoms with E-state index in [4.69, 9.17) is 5.11 Å². The molecule has 0 unspecified atom stereocenters. The molecule has 0 heterocycles. The highest BCUT2D eigenvalue weighted by molar-refractivity contribution is 5.66. The van der Waals surface area contributed by atoms with Gasteiger partial charge >= 0.3 is 5.97 Å². The van der Waals surface area contributed by atoms with Crippen LogP contribution in [0.3, 0.4) is 0 Å². The van der Waals surface area contributed by atoms with Crippen molar-refractivity contribution in [3.63, 3.8) is 0 Å². The van der Waals surface area contributed by atoms with E-state index in [2.05, 4.69) is 0 Å². The highest BCUT2D eigenvalue weighted by atomic mass is 127. The number of hydrogen-bond donors (Lipinski definition) is 3. The van der Waals surface area contributed by atoms with E-state index in [9.17, 15) is 14.7 Å². The molecular formula is C8H21IN2O4. The van der Waals surface area contributed by atoms with Gasteiger partial charge in [0.15, 0.2) is 0 Å². The summed E-state index contributed by atoms with van der Waals surface area (Å²) in [6, 6.07) is 0. The number of carboxylic acid groups (broad SMARTS) is 2. The van der Waals surface area contributed by atoms with Crippen LogP contribution in [0.25, 0.3) is 0 Å². The van der Waals surface area contributed by atoms with Crippen molar-refractivity contribution >= 4 is 11.9 Å². The summed E-state index contributed by atoms with van der Waals surface area (Å²) < 4.78 is 0. The van der Waals surface area contributed by atoms with E-state index in [0.717, 1.165) is 12.8 Å².